The third kappa shape index (κ3) is 1.83. The van der Waals surface area contributed by atoms with Crippen LogP contribution in [-0.4, -0.2) is 19.1 Å². The van der Waals surface area contributed by atoms with Gasteiger partial charge in [0.1, 0.15) is 5.69 Å². The van der Waals surface area contributed by atoms with Crippen LogP contribution in [0.4, 0.5) is 5.69 Å². The summed E-state index contributed by atoms with van der Waals surface area (Å²) in [6, 6.07) is 12.0. The van der Waals surface area contributed by atoms with Gasteiger partial charge in [-0.3, -0.25) is 4.48 Å². The monoisotopic (exact) mass is 192 g/mol. The van der Waals surface area contributed by atoms with E-state index in [2.05, 4.69) is 65.1 Å². The smallest absolute Gasteiger partial charge is 0.133 e. The summed E-state index contributed by atoms with van der Waals surface area (Å²) >= 11 is 0. The molecule has 0 bridgehead atoms. The molecule has 0 aliphatic rings. The molecule has 0 unspecified atom stereocenters. The molecule has 0 fully saturated rings. The molecular weight excluding hydrogens is 170 g/mol. The second-order valence-electron chi connectivity index (χ2n) is 4.67. The van der Waals surface area contributed by atoms with Gasteiger partial charge in [0, 0.05) is 0 Å². The molecule has 0 aromatic heterocycles. The summed E-state index contributed by atoms with van der Waals surface area (Å²) in [7, 11) is 2.31. The van der Waals surface area contributed by atoms with Crippen molar-refractivity contribution < 1.29 is 0 Å². The number of hydrogen-bond acceptors (Lipinski definition) is 0. The Morgan fingerprint density at radius 1 is 0.857 bits per heavy atom. The van der Waals surface area contributed by atoms with Crippen molar-refractivity contribution >= 4 is 5.69 Å². The highest BCUT2D eigenvalue weighted by Crippen LogP contribution is 2.27. The van der Waals surface area contributed by atoms with Crippen LogP contribution in [0.25, 0.3) is 0 Å². The minimum atomic E-state index is 0.609. The van der Waals surface area contributed by atoms with Gasteiger partial charge in [0.05, 0.1) is 19.1 Å². The molecule has 0 saturated heterocycles. The zero-order valence-corrected chi connectivity index (χ0v) is 9.99. The lowest BCUT2D eigenvalue weighted by Crippen LogP contribution is -2.55. The van der Waals surface area contributed by atoms with Gasteiger partial charge in [0.25, 0.3) is 0 Å². The average molecular weight is 192 g/mol. The zero-order valence-electron chi connectivity index (χ0n) is 9.99. The fraction of sp³-hybridized carbons (Fsp3) is 0.538. The maximum absolute atomic E-state index is 2.31. The highest BCUT2D eigenvalue weighted by molar-refractivity contribution is 5.43. The summed E-state index contributed by atoms with van der Waals surface area (Å²) < 4.78 is 1.00. The van der Waals surface area contributed by atoms with Crippen molar-refractivity contribution in [2.24, 2.45) is 0 Å². The molecule has 0 aliphatic heterocycles. The lowest BCUT2D eigenvalue weighted by molar-refractivity contribution is 0.222. The van der Waals surface area contributed by atoms with Gasteiger partial charge in [0.15, 0.2) is 0 Å². The molecule has 14 heavy (non-hydrogen) atoms. The number of hydrogen-bond donors (Lipinski definition) is 0. The fourth-order valence-electron chi connectivity index (χ4n) is 1.94. The Morgan fingerprint density at radius 3 is 1.64 bits per heavy atom. The van der Waals surface area contributed by atoms with Gasteiger partial charge in [-0.05, 0) is 39.8 Å². The molecule has 1 nitrogen and oxygen atoms in total. The summed E-state index contributed by atoms with van der Waals surface area (Å²) in [6.45, 7) is 9.14. The summed E-state index contributed by atoms with van der Waals surface area (Å²) in [5, 5.41) is 0. The van der Waals surface area contributed by atoms with Crippen LogP contribution in [0, 0.1) is 0 Å². The normalized spacial score (nSPS) is 12.5. The van der Waals surface area contributed by atoms with E-state index < -0.39 is 0 Å². The van der Waals surface area contributed by atoms with Gasteiger partial charge in [-0.2, -0.15) is 0 Å². The third-order valence-electron chi connectivity index (χ3n) is 3.46. The molecule has 1 aromatic rings. The van der Waals surface area contributed by atoms with Gasteiger partial charge >= 0.3 is 0 Å². The van der Waals surface area contributed by atoms with Gasteiger partial charge < -0.3 is 0 Å². The van der Waals surface area contributed by atoms with Crippen LogP contribution in [0.3, 0.4) is 0 Å². The van der Waals surface area contributed by atoms with E-state index in [1.54, 1.807) is 0 Å². The first-order chi connectivity index (χ1) is 6.49. The third-order valence-corrected chi connectivity index (χ3v) is 3.46. The minimum Gasteiger partial charge on any atom is -0.290 e. The number of para-hydroxylation sites is 1. The SMILES string of the molecule is CC(C)[N+](C)(c1ccccc1)C(C)C. The predicted molar refractivity (Wildman–Crippen MR) is 64.4 cm³/mol. The lowest BCUT2D eigenvalue weighted by atomic mass is 10.1. The average Bonchev–Trinajstić information content (AvgIpc) is 2.17. The first-order valence-electron chi connectivity index (χ1n) is 5.41. The number of quaternary nitrogens is 1. The van der Waals surface area contributed by atoms with E-state index in [0.717, 1.165) is 4.48 Å². The molecule has 0 atom stereocenters. The van der Waals surface area contributed by atoms with Crippen molar-refractivity contribution in [3.8, 4) is 0 Å². The van der Waals surface area contributed by atoms with Crippen LogP contribution < -0.4 is 4.48 Å². The molecule has 0 saturated carbocycles. The van der Waals surface area contributed by atoms with Crippen LogP contribution in [0.5, 0.6) is 0 Å². The first-order valence-corrected chi connectivity index (χ1v) is 5.41. The second-order valence-corrected chi connectivity index (χ2v) is 4.67. The Labute approximate surface area is 88.0 Å². The molecule has 0 aliphatic carbocycles. The maximum atomic E-state index is 2.31. The van der Waals surface area contributed by atoms with E-state index in [4.69, 9.17) is 0 Å². The van der Waals surface area contributed by atoms with E-state index >= 15 is 0 Å². The Balaban J connectivity index is 3.13. The van der Waals surface area contributed by atoms with Crippen LogP contribution in [0.15, 0.2) is 30.3 Å². The molecule has 0 spiro atoms. The quantitative estimate of drug-likeness (QED) is 0.644. The van der Waals surface area contributed by atoms with E-state index in [1.165, 1.54) is 5.69 Å². The number of nitrogens with zero attached hydrogens (tertiary/aromatic N) is 1. The Morgan fingerprint density at radius 2 is 1.29 bits per heavy atom. The predicted octanol–water partition coefficient (Wildman–Crippen LogP) is 3.44. The largest absolute Gasteiger partial charge is 0.290 e. The van der Waals surface area contributed by atoms with Crippen LogP contribution in [0.2, 0.25) is 0 Å². The summed E-state index contributed by atoms with van der Waals surface area (Å²) in [4.78, 5) is 0. The molecule has 1 heteroatoms. The van der Waals surface area contributed by atoms with E-state index in [0.29, 0.717) is 12.1 Å². The van der Waals surface area contributed by atoms with Gasteiger partial charge in [-0.15, -0.1) is 0 Å². The zero-order chi connectivity index (χ0) is 10.8. The molecule has 0 N–H and O–H groups in total. The van der Waals surface area contributed by atoms with Crippen molar-refractivity contribution in [2.45, 2.75) is 39.8 Å². The summed E-state index contributed by atoms with van der Waals surface area (Å²) in [5.41, 5.74) is 1.40. The van der Waals surface area contributed by atoms with Crippen LogP contribution in [-0.2, 0) is 0 Å². The summed E-state index contributed by atoms with van der Waals surface area (Å²) in [6.07, 6.45) is 0. The van der Waals surface area contributed by atoms with Crippen molar-refractivity contribution in [3.05, 3.63) is 30.3 Å². The van der Waals surface area contributed by atoms with E-state index in [1.807, 2.05) is 0 Å². The van der Waals surface area contributed by atoms with E-state index in [-0.39, 0.29) is 0 Å². The first kappa shape index (κ1) is 11.3. The second kappa shape index (κ2) is 4.14. The molecular formula is C13H22N+. The van der Waals surface area contributed by atoms with Crippen molar-refractivity contribution in [3.63, 3.8) is 0 Å². The van der Waals surface area contributed by atoms with Gasteiger partial charge in [-0.25, -0.2) is 0 Å². The van der Waals surface area contributed by atoms with E-state index in [9.17, 15) is 0 Å². The Hall–Kier alpha value is -0.820. The molecule has 0 amide bonds. The fourth-order valence-corrected chi connectivity index (χ4v) is 1.94. The molecule has 0 heterocycles. The standard InChI is InChI=1S/C13H22N/c1-11(2)14(5,12(3)4)13-9-7-6-8-10-13/h6-12H,1-5H3/q+1. The summed E-state index contributed by atoms with van der Waals surface area (Å²) in [5.74, 6) is 0. The highest BCUT2D eigenvalue weighted by atomic mass is 15.4. The maximum Gasteiger partial charge on any atom is 0.133 e. The lowest BCUT2D eigenvalue weighted by Gasteiger charge is -2.41. The highest BCUT2D eigenvalue weighted by Gasteiger charge is 2.31. The minimum absolute atomic E-state index is 0.609. The number of benzene rings is 1. The van der Waals surface area contributed by atoms with Crippen molar-refractivity contribution in [1.82, 2.24) is 4.48 Å². The van der Waals surface area contributed by atoms with Crippen molar-refractivity contribution in [1.29, 1.82) is 0 Å². The Kier molecular flexibility index (Phi) is 3.33. The Bertz CT molecular complexity index is 267. The van der Waals surface area contributed by atoms with Crippen LogP contribution >= 0.6 is 0 Å². The molecule has 1 rings (SSSR count). The van der Waals surface area contributed by atoms with Gasteiger partial charge in [-0.1, -0.05) is 18.2 Å². The molecule has 78 valence electrons. The molecule has 1 aromatic carbocycles. The van der Waals surface area contributed by atoms with Gasteiger partial charge in [0.2, 0.25) is 0 Å². The molecule has 0 radical (unpaired) electrons. The van der Waals surface area contributed by atoms with Crippen molar-refractivity contribution in [2.75, 3.05) is 7.05 Å². The van der Waals surface area contributed by atoms with Crippen LogP contribution in [0.1, 0.15) is 27.7 Å². The number of rotatable bonds is 3. The topological polar surface area (TPSA) is 0 Å².